The second kappa shape index (κ2) is 14.3. The number of rotatable bonds is 14. The van der Waals surface area contributed by atoms with E-state index in [1.165, 1.54) is 0 Å². The summed E-state index contributed by atoms with van der Waals surface area (Å²) in [5.74, 6) is 0. The van der Waals surface area contributed by atoms with Crippen LogP contribution in [0.2, 0.25) is 0 Å². The first kappa shape index (κ1) is 18.9. The molecule has 0 aliphatic carbocycles. The number of unbranched alkanes of at least 4 members (excludes halogenated alkanes) is 3. The molecule has 0 saturated heterocycles. The number of hydroxylamine groups is 2. The monoisotopic (exact) mass is 290 g/mol. The van der Waals surface area contributed by atoms with Crippen LogP contribution < -0.4 is 5.32 Å². The van der Waals surface area contributed by atoms with Crippen molar-refractivity contribution in [2.45, 2.75) is 25.7 Å². The molecule has 0 unspecified atom stereocenters. The van der Waals surface area contributed by atoms with Crippen LogP contribution in [-0.2, 0) is 9.47 Å². The van der Waals surface area contributed by atoms with Gasteiger partial charge in [-0.1, -0.05) is 18.9 Å². The van der Waals surface area contributed by atoms with Crippen molar-refractivity contribution >= 4 is 6.09 Å². The maximum Gasteiger partial charge on any atom is 0.431 e. The quantitative estimate of drug-likeness (QED) is 0.148. The Morgan fingerprint density at radius 1 is 1.20 bits per heavy atom. The van der Waals surface area contributed by atoms with Crippen molar-refractivity contribution in [3.63, 3.8) is 0 Å². The molecule has 1 amide bonds. The molecule has 118 valence electrons. The van der Waals surface area contributed by atoms with Gasteiger partial charge >= 0.3 is 6.09 Å². The summed E-state index contributed by atoms with van der Waals surface area (Å²) in [7, 11) is 0. The highest BCUT2D eigenvalue weighted by Gasteiger charge is 2.05. The van der Waals surface area contributed by atoms with Gasteiger partial charge in [0, 0.05) is 0 Å². The van der Waals surface area contributed by atoms with Crippen LogP contribution in [0.5, 0.6) is 0 Å². The molecule has 0 aromatic rings. The summed E-state index contributed by atoms with van der Waals surface area (Å²) in [6, 6.07) is 0. The lowest BCUT2D eigenvalue weighted by molar-refractivity contribution is -0.0645. The van der Waals surface area contributed by atoms with Crippen molar-refractivity contribution in [2.24, 2.45) is 0 Å². The van der Waals surface area contributed by atoms with E-state index in [-0.39, 0.29) is 6.54 Å². The van der Waals surface area contributed by atoms with Crippen molar-refractivity contribution in [1.82, 2.24) is 10.4 Å². The molecule has 0 saturated carbocycles. The second-order valence-corrected chi connectivity index (χ2v) is 4.24. The Balaban J connectivity index is 3.06. The molecule has 3 N–H and O–H groups in total. The number of nitrogens with one attached hydrogen (secondary N) is 1. The molecule has 7 heteroatoms. The summed E-state index contributed by atoms with van der Waals surface area (Å²) in [6.07, 6.45) is 3.94. The molecule has 0 aliphatic rings. The van der Waals surface area contributed by atoms with Gasteiger partial charge in [0.2, 0.25) is 0 Å². The Morgan fingerprint density at radius 3 is 2.60 bits per heavy atom. The maximum atomic E-state index is 10.3. The minimum Gasteiger partial charge on any atom is -0.463 e. The Kier molecular flexibility index (Phi) is 13.4. The zero-order chi connectivity index (χ0) is 15.1. The molecule has 0 rings (SSSR count). The Morgan fingerprint density at radius 2 is 1.90 bits per heavy atom. The number of hydrogen-bond acceptors (Lipinski definition) is 5. The van der Waals surface area contributed by atoms with Crippen LogP contribution in [0.1, 0.15) is 25.7 Å². The fraction of sp³-hybridized carbons (Fsp3) is 0.769. The third kappa shape index (κ3) is 13.3. The van der Waals surface area contributed by atoms with Crippen LogP contribution in [0.25, 0.3) is 0 Å². The van der Waals surface area contributed by atoms with E-state index in [1.807, 2.05) is 0 Å². The first-order valence-corrected chi connectivity index (χ1v) is 6.85. The molecule has 20 heavy (non-hydrogen) atoms. The lowest BCUT2D eigenvalue weighted by Gasteiger charge is -2.10. The average molecular weight is 290 g/mol. The van der Waals surface area contributed by atoms with E-state index in [0.717, 1.165) is 25.8 Å². The molecule has 7 nitrogen and oxygen atoms in total. The SMILES string of the molecule is C=CCOCCOCNCCCCCCN(O)C(=O)O. The summed E-state index contributed by atoms with van der Waals surface area (Å²) < 4.78 is 10.4. The Labute approximate surface area is 120 Å². The fourth-order valence-corrected chi connectivity index (χ4v) is 1.46. The minimum atomic E-state index is -1.30. The predicted octanol–water partition coefficient (Wildman–Crippen LogP) is 1.68. The Bertz CT molecular complexity index is 251. The first-order chi connectivity index (χ1) is 9.68. The van der Waals surface area contributed by atoms with Gasteiger partial charge in [-0.3, -0.25) is 10.5 Å². The van der Waals surface area contributed by atoms with Crippen LogP contribution in [-0.4, -0.2) is 61.1 Å². The molecule has 0 fully saturated rings. The van der Waals surface area contributed by atoms with Gasteiger partial charge in [-0.25, -0.2) is 4.79 Å². The van der Waals surface area contributed by atoms with E-state index >= 15 is 0 Å². The second-order valence-electron chi connectivity index (χ2n) is 4.24. The molecule has 0 radical (unpaired) electrons. The number of hydrogen-bond donors (Lipinski definition) is 3. The van der Waals surface area contributed by atoms with Gasteiger partial charge in [0.15, 0.2) is 0 Å². The van der Waals surface area contributed by atoms with Crippen LogP contribution in [0.15, 0.2) is 12.7 Å². The highest BCUT2D eigenvalue weighted by Crippen LogP contribution is 2.00. The zero-order valence-corrected chi connectivity index (χ0v) is 11.9. The summed E-state index contributed by atoms with van der Waals surface area (Å²) >= 11 is 0. The number of amides is 1. The van der Waals surface area contributed by atoms with Crippen LogP contribution in [0.4, 0.5) is 4.79 Å². The van der Waals surface area contributed by atoms with E-state index in [0.29, 0.717) is 38.0 Å². The average Bonchev–Trinajstić information content (AvgIpc) is 2.43. The van der Waals surface area contributed by atoms with E-state index < -0.39 is 6.09 Å². The lowest BCUT2D eigenvalue weighted by atomic mass is 10.2. The highest BCUT2D eigenvalue weighted by atomic mass is 16.6. The van der Waals surface area contributed by atoms with E-state index in [4.69, 9.17) is 19.8 Å². The molecule has 0 heterocycles. The maximum absolute atomic E-state index is 10.3. The van der Waals surface area contributed by atoms with Crippen molar-refractivity contribution < 1.29 is 24.6 Å². The van der Waals surface area contributed by atoms with Gasteiger partial charge in [-0.2, -0.15) is 5.06 Å². The fourth-order valence-electron chi connectivity index (χ4n) is 1.46. The summed E-state index contributed by atoms with van der Waals surface area (Å²) in [5.41, 5.74) is 0. The van der Waals surface area contributed by atoms with E-state index in [2.05, 4.69) is 11.9 Å². The number of nitrogens with zero attached hydrogens (tertiary/aromatic N) is 1. The van der Waals surface area contributed by atoms with Gasteiger partial charge in [-0.05, 0) is 19.4 Å². The first-order valence-electron chi connectivity index (χ1n) is 6.85. The van der Waals surface area contributed by atoms with Gasteiger partial charge in [0.1, 0.15) is 0 Å². The topological polar surface area (TPSA) is 91.3 Å². The summed E-state index contributed by atoms with van der Waals surface area (Å²) in [4.78, 5) is 10.3. The summed E-state index contributed by atoms with van der Waals surface area (Å²) in [5, 5.41) is 20.8. The smallest absolute Gasteiger partial charge is 0.431 e. The van der Waals surface area contributed by atoms with Crippen LogP contribution >= 0.6 is 0 Å². The molecule has 0 spiro atoms. The lowest BCUT2D eigenvalue weighted by Crippen LogP contribution is -2.26. The van der Waals surface area contributed by atoms with E-state index in [1.54, 1.807) is 6.08 Å². The van der Waals surface area contributed by atoms with Gasteiger partial charge < -0.3 is 14.6 Å². The normalized spacial score (nSPS) is 10.4. The molecule has 0 aromatic heterocycles. The molecular weight excluding hydrogens is 264 g/mol. The van der Waals surface area contributed by atoms with Crippen molar-refractivity contribution in [3.8, 4) is 0 Å². The largest absolute Gasteiger partial charge is 0.463 e. The summed E-state index contributed by atoms with van der Waals surface area (Å²) in [6.45, 7) is 6.73. The standard InChI is InChI=1S/C13H26N2O5/c1-2-9-19-10-11-20-12-14-7-5-3-4-6-8-15(18)13(16)17/h2,14,18H,1,3-12H2,(H,16,17). The third-order valence-electron chi connectivity index (χ3n) is 2.51. The van der Waals surface area contributed by atoms with E-state index in [9.17, 15) is 4.79 Å². The molecule has 0 bridgehead atoms. The van der Waals surface area contributed by atoms with Crippen molar-refractivity contribution in [3.05, 3.63) is 12.7 Å². The minimum absolute atomic E-state index is 0.163. The zero-order valence-electron chi connectivity index (χ0n) is 11.9. The van der Waals surface area contributed by atoms with Crippen molar-refractivity contribution in [1.29, 1.82) is 0 Å². The highest BCUT2D eigenvalue weighted by molar-refractivity contribution is 5.63. The Hall–Kier alpha value is -1.15. The predicted molar refractivity (Wildman–Crippen MR) is 74.8 cm³/mol. The van der Waals surface area contributed by atoms with Crippen LogP contribution in [0.3, 0.4) is 0 Å². The molecular formula is C13H26N2O5. The molecule has 0 aromatic carbocycles. The molecule has 0 atom stereocenters. The van der Waals surface area contributed by atoms with Crippen LogP contribution in [0, 0.1) is 0 Å². The van der Waals surface area contributed by atoms with Gasteiger partial charge in [0.05, 0.1) is 33.1 Å². The van der Waals surface area contributed by atoms with Crippen molar-refractivity contribution in [2.75, 3.05) is 39.6 Å². The number of carboxylic acid groups (broad SMARTS) is 1. The third-order valence-corrected chi connectivity index (χ3v) is 2.51. The van der Waals surface area contributed by atoms with Gasteiger partial charge in [0.25, 0.3) is 0 Å². The molecule has 0 aliphatic heterocycles. The number of carbonyl (C=O) groups is 1. The number of ether oxygens (including phenoxy) is 2. The van der Waals surface area contributed by atoms with Gasteiger partial charge in [-0.15, -0.1) is 6.58 Å².